The third-order valence-electron chi connectivity index (χ3n) is 2.95. The number of halogens is 1. The van der Waals surface area contributed by atoms with Gasteiger partial charge in [-0.1, -0.05) is 12.8 Å². The van der Waals surface area contributed by atoms with Gasteiger partial charge in [0.15, 0.2) is 0 Å². The van der Waals surface area contributed by atoms with Gasteiger partial charge in [0.25, 0.3) is 0 Å². The maximum Gasteiger partial charge on any atom is 0.215 e. The first-order valence-electron chi connectivity index (χ1n) is 5.76. The highest BCUT2D eigenvalue weighted by Gasteiger charge is 2.22. The van der Waals surface area contributed by atoms with Gasteiger partial charge in [-0.25, -0.2) is 14.6 Å². The van der Waals surface area contributed by atoms with E-state index in [1.807, 2.05) is 4.68 Å². The van der Waals surface area contributed by atoms with E-state index >= 15 is 0 Å². The van der Waals surface area contributed by atoms with Crippen LogP contribution < -0.4 is 0 Å². The van der Waals surface area contributed by atoms with E-state index in [-0.39, 0.29) is 0 Å². The fourth-order valence-corrected chi connectivity index (χ4v) is 3.34. The molecule has 0 bridgehead atoms. The van der Waals surface area contributed by atoms with Gasteiger partial charge in [-0.3, -0.25) is 0 Å². The first-order valence-corrected chi connectivity index (χ1v) is 7.37. The van der Waals surface area contributed by atoms with Crippen molar-refractivity contribution < 1.29 is 0 Å². The van der Waals surface area contributed by atoms with Crippen LogP contribution in [0.3, 0.4) is 0 Å². The zero-order valence-electron chi connectivity index (χ0n) is 9.53. The van der Waals surface area contributed by atoms with Crippen molar-refractivity contribution in [3.05, 3.63) is 17.0 Å². The van der Waals surface area contributed by atoms with E-state index < -0.39 is 0 Å². The van der Waals surface area contributed by atoms with Gasteiger partial charge in [-0.15, -0.1) is 5.10 Å². The molecule has 6 nitrogen and oxygen atoms in total. The average Bonchev–Trinajstić information content (AvgIpc) is 3.02. The zero-order valence-corrected chi connectivity index (χ0v) is 11.9. The van der Waals surface area contributed by atoms with E-state index in [9.17, 15) is 0 Å². The zero-order chi connectivity index (χ0) is 12.4. The summed E-state index contributed by atoms with van der Waals surface area (Å²) in [6.07, 6.45) is 8.07. The van der Waals surface area contributed by atoms with Crippen LogP contribution in [0.25, 0.3) is 0 Å². The van der Waals surface area contributed by atoms with Crippen LogP contribution >= 0.6 is 27.7 Å². The molecule has 0 aromatic carbocycles. The molecule has 1 aliphatic rings. The summed E-state index contributed by atoms with van der Waals surface area (Å²) in [6, 6.07) is 0.433. The third kappa shape index (κ3) is 2.39. The lowest BCUT2D eigenvalue weighted by atomic mass is 10.3. The number of rotatable bonds is 3. The number of aromatic nitrogens is 6. The monoisotopic (exact) mass is 326 g/mol. The third-order valence-corrected chi connectivity index (χ3v) is 4.77. The Balaban J connectivity index is 1.85. The predicted octanol–water partition coefficient (Wildman–Crippen LogP) is 2.49. The number of nitrogens with zero attached hydrogens (tertiary/aromatic N) is 6. The summed E-state index contributed by atoms with van der Waals surface area (Å²) in [5.74, 6) is 0. The number of tetrazole rings is 1. The minimum atomic E-state index is 0.433. The summed E-state index contributed by atoms with van der Waals surface area (Å²) in [4.78, 5) is 8.16. The Morgan fingerprint density at radius 2 is 2.17 bits per heavy atom. The summed E-state index contributed by atoms with van der Waals surface area (Å²) in [6.45, 7) is 0. The fourth-order valence-electron chi connectivity index (χ4n) is 2.09. The number of hydrogen-bond acceptors (Lipinski definition) is 6. The molecule has 1 saturated carbocycles. The first-order chi connectivity index (χ1) is 8.84. The van der Waals surface area contributed by atoms with Gasteiger partial charge < -0.3 is 0 Å². The molecule has 0 spiro atoms. The van der Waals surface area contributed by atoms with Gasteiger partial charge in [0, 0.05) is 6.20 Å². The van der Waals surface area contributed by atoms with E-state index in [0.717, 1.165) is 27.5 Å². The van der Waals surface area contributed by atoms with Crippen molar-refractivity contribution >= 4 is 27.7 Å². The van der Waals surface area contributed by atoms with Crippen LogP contribution in [0.15, 0.2) is 27.2 Å². The highest BCUT2D eigenvalue weighted by atomic mass is 79.9. The predicted molar refractivity (Wildman–Crippen MR) is 69.2 cm³/mol. The molecule has 2 aromatic heterocycles. The normalized spacial score (nSPS) is 16.3. The summed E-state index contributed by atoms with van der Waals surface area (Å²) >= 11 is 4.89. The molecule has 0 N–H and O–H groups in total. The summed E-state index contributed by atoms with van der Waals surface area (Å²) in [5.41, 5.74) is 0. The number of hydrogen-bond donors (Lipinski definition) is 0. The molecule has 8 heteroatoms. The molecular formula is C10H11BrN6S. The van der Waals surface area contributed by atoms with Crippen molar-refractivity contribution in [2.75, 3.05) is 0 Å². The van der Waals surface area contributed by atoms with Crippen molar-refractivity contribution in [1.29, 1.82) is 0 Å². The standard InChI is InChI=1S/C10H11BrN6S/c11-8-5-12-6-13-9(8)18-10-14-15-16-17(10)7-3-1-2-4-7/h5-7H,1-4H2. The maximum atomic E-state index is 4.22. The SMILES string of the molecule is Brc1cncnc1Sc1nnnn1C1CCCC1. The highest BCUT2D eigenvalue weighted by Crippen LogP contribution is 2.34. The lowest BCUT2D eigenvalue weighted by Crippen LogP contribution is -2.08. The van der Waals surface area contributed by atoms with Crippen LogP contribution in [-0.2, 0) is 0 Å². The molecule has 0 aliphatic heterocycles. The Morgan fingerprint density at radius 3 is 2.94 bits per heavy atom. The molecule has 94 valence electrons. The molecule has 1 fully saturated rings. The Kier molecular flexibility index (Phi) is 3.55. The lowest BCUT2D eigenvalue weighted by molar-refractivity contribution is 0.423. The Labute approximate surface area is 117 Å². The summed E-state index contributed by atoms with van der Waals surface area (Å²) < 4.78 is 2.78. The van der Waals surface area contributed by atoms with E-state index in [1.165, 1.54) is 30.9 Å². The maximum absolute atomic E-state index is 4.22. The lowest BCUT2D eigenvalue weighted by Gasteiger charge is -2.10. The van der Waals surface area contributed by atoms with Crippen molar-refractivity contribution in [2.24, 2.45) is 0 Å². The van der Waals surface area contributed by atoms with Crippen LogP contribution in [0.4, 0.5) is 0 Å². The van der Waals surface area contributed by atoms with Crippen LogP contribution in [0, 0.1) is 0 Å². The Bertz CT molecular complexity index is 539. The molecule has 2 aromatic rings. The molecule has 0 radical (unpaired) electrons. The molecule has 18 heavy (non-hydrogen) atoms. The molecule has 0 saturated heterocycles. The topological polar surface area (TPSA) is 69.4 Å². The van der Waals surface area contributed by atoms with Gasteiger partial charge in [0.1, 0.15) is 11.4 Å². The minimum absolute atomic E-state index is 0.433. The molecule has 0 unspecified atom stereocenters. The van der Waals surface area contributed by atoms with Crippen molar-refractivity contribution in [2.45, 2.75) is 41.9 Å². The van der Waals surface area contributed by atoms with Crippen LogP contribution in [0.1, 0.15) is 31.7 Å². The smallest absolute Gasteiger partial charge is 0.215 e. The second-order valence-electron chi connectivity index (χ2n) is 4.12. The largest absolute Gasteiger partial charge is 0.244 e. The van der Waals surface area contributed by atoms with Crippen molar-refractivity contribution in [3.8, 4) is 0 Å². The summed E-state index contributed by atoms with van der Waals surface area (Å²) in [7, 11) is 0. The molecule has 0 atom stereocenters. The quantitative estimate of drug-likeness (QED) is 0.807. The Hall–Kier alpha value is -1.02. The molecule has 0 amide bonds. The van der Waals surface area contributed by atoms with E-state index in [0.29, 0.717) is 6.04 Å². The summed E-state index contributed by atoms with van der Waals surface area (Å²) in [5, 5.41) is 13.6. The van der Waals surface area contributed by atoms with Crippen LogP contribution in [0.5, 0.6) is 0 Å². The molecular weight excluding hydrogens is 316 g/mol. The highest BCUT2D eigenvalue weighted by molar-refractivity contribution is 9.10. The second-order valence-corrected chi connectivity index (χ2v) is 5.93. The van der Waals surface area contributed by atoms with E-state index in [4.69, 9.17) is 0 Å². The van der Waals surface area contributed by atoms with E-state index in [1.54, 1.807) is 6.20 Å². The van der Waals surface area contributed by atoms with Gasteiger partial charge >= 0.3 is 0 Å². The van der Waals surface area contributed by atoms with Crippen LogP contribution in [0.2, 0.25) is 0 Å². The van der Waals surface area contributed by atoms with Gasteiger partial charge in [0.2, 0.25) is 5.16 Å². The average molecular weight is 327 g/mol. The van der Waals surface area contributed by atoms with Crippen molar-refractivity contribution in [3.63, 3.8) is 0 Å². The minimum Gasteiger partial charge on any atom is -0.244 e. The van der Waals surface area contributed by atoms with Crippen molar-refractivity contribution in [1.82, 2.24) is 30.2 Å². The van der Waals surface area contributed by atoms with Gasteiger partial charge in [-0.05, 0) is 51.0 Å². The molecule has 3 rings (SSSR count). The van der Waals surface area contributed by atoms with Gasteiger partial charge in [0.05, 0.1) is 10.5 Å². The molecule has 2 heterocycles. The second kappa shape index (κ2) is 5.31. The van der Waals surface area contributed by atoms with Crippen LogP contribution in [-0.4, -0.2) is 30.2 Å². The van der Waals surface area contributed by atoms with E-state index in [2.05, 4.69) is 41.4 Å². The van der Waals surface area contributed by atoms with Gasteiger partial charge in [-0.2, -0.15) is 0 Å². The molecule has 1 aliphatic carbocycles. The fraction of sp³-hybridized carbons (Fsp3) is 0.500. The Morgan fingerprint density at radius 1 is 1.33 bits per heavy atom. The first kappa shape index (κ1) is 12.0.